The Kier molecular flexibility index (Phi) is 10.8. The number of allylic oxidation sites excluding steroid dienone is 1. The third-order valence-corrected chi connectivity index (χ3v) is 10.2. The lowest BCUT2D eigenvalue weighted by Gasteiger charge is -2.28. The van der Waals surface area contributed by atoms with E-state index in [1.165, 1.54) is 28.3 Å². The Labute approximate surface area is 322 Å². The first-order valence-corrected chi connectivity index (χ1v) is 18.2. The van der Waals surface area contributed by atoms with E-state index in [1.54, 1.807) is 78.6 Å². The van der Waals surface area contributed by atoms with Gasteiger partial charge in [0.15, 0.2) is 17.1 Å². The number of ether oxygens (including phenoxy) is 2. The summed E-state index contributed by atoms with van der Waals surface area (Å²) in [4.78, 5) is 42.3. The van der Waals surface area contributed by atoms with Crippen LogP contribution in [-0.4, -0.2) is 61.1 Å². The smallest absolute Gasteiger partial charge is 0.297 e. The molecule has 1 unspecified atom stereocenters. The van der Waals surface area contributed by atoms with E-state index in [0.717, 1.165) is 11.1 Å². The number of rotatable bonds is 14. The highest BCUT2D eigenvalue weighted by Crippen LogP contribution is 2.46. The summed E-state index contributed by atoms with van der Waals surface area (Å²) in [6, 6.07) is 28.6. The number of benzene rings is 3. The van der Waals surface area contributed by atoms with Crippen LogP contribution in [0.15, 0.2) is 137 Å². The van der Waals surface area contributed by atoms with Crippen LogP contribution in [0.25, 0.3) is 11.4 Å². The Morgan fingerprint density at radius 3 is 2.16 bits per heavy atom. The molecule has 13 nitrogen and oxygen atoms in total. The first kappa shape index (κ1) is 37.7. The van der Waals surface area contributed by atoms with Crippen LogP contribution in [0, 0.1) is 5.92 Å². The molecule has 3 atom stereocenters. The number of hydrogen-bond acceptors (Lipinski definition) is 9. The van der Waals surface area contributed by atoms with Crippen LogP contribution in [-0.2, 0) is 23.5 Å². The van der Waals surface area contributed by atoms with Crippen molar-refractivity contribution in [3.8, 4) is 22.9 Å². The van der Waals surface area contributed by atoms with Gasteiger partial charge in [-0.2, -0.15) is 0 Å². The summed E-state index contributed by atoms with van der Waals surface area (Å²) in [6.45, 7) is 2.25. The van der Waals surface area contributed by atoms with E-state index in [9.17, 15) is 24.6 Å². The maximum Gasteiger partial charge on any atom is 0.297 e. The third kappa shape index (κ3) is 7.05. The largest absolute Gasteiger partial charge is 0.491 e. The average molecular weight is 755 g/mol. The minimum atomic E-state index is -1.99. The van der Waals surface area contributed by atoms with Crippen molar-refractivity contribution in [2.45, 2.75) is 38.0 Å². The molecule has 286 valence electrons. The SMILES string of the molecule is COc1cccn(-c2cccc(CN3C(=O)[C@@](O)([C@@H](C)/C=C/CCn4cc(C(CO)c5ccccc5)nn4)c4cc(-n5cccc(OC)c5=O)ccc43)c2)c1=O. The van der Waals surface area contributed by atoms with Gasteiger partial charge in [-0.25, -0.2) is 0 Å². The molecular weight excluding hydrogens is 713 g/mol. The highest BCUT2D eigenvalue weighted by Gasteiger charge is 2.52. The normalized spacial score (nSPS) is 16.2. The van der Waals surface area contributed by atoms with Crippen molar-refractivity contribution < 1.29 is 24.5 Å². The second kappa shape index (κ2) is 16.0. The highest BCUT2D eigenvalue weighted by atomic mass is 16.5. The summed E-state index contributed by atoms with van der Waals surface area (Å²) in [7, 11) is 2.86. The molecule has 0 saturated carbocycles. The fourth-order valence-corrected chi connectivity index (χ4v) is 7.18. The van der Waals surface area contributed by atoms with Crippen molar-refractivity contribution in [2.75, 3.05) is 25.7 Å². The molecule has 0 aliphatic carbocycles. The van der Waals surface area contributed by atoms with Gasteiger partial charge in [-0.1, -0.05) is 66.8 Å². The molecule has 0 spiro atoms. The van der Waals surface area contributed by atoms with E-state index in [2.05, 4.69) is 10.3 Å². The minimum absolute atomic E-state index is 0.0992. The van der Waals surface area contributed by atoms with E-state index >= 15 is 0 Å². The van der Waals surface area contributed by atoms with Gasteiger partial charge in [0.25, 0.3) is 17.0 Å². The van der Waals surface area contributed by atoms with Crippen LogP contribution in [0.4, 0.5) is 5.69 Å². The van der Waals surface area contributed by atoms with Crippen molar-refractivity contribution in [1.29, 1.82) is 0 Å². The Bertz CT molecular complexity index is 2510. The van der Waals surface area contributed by atoms with Gasteiger partial charge in [0.05, 0.1) is 44.7 Å². The first-order chi connectivity index (χ1) is 27.2. The molecule has 4 heterocycles. The molecule has 3 aromatic heterocycles. The van der Waals surface area contributed by atoms with Gasteiger partial charge in [0.2, 0.25) is 0 Å². The van der Waals surface area contributed by atoms with Gasteiger partial charge in [0.1, 0.15) is 0 Å². The Morgan fingerprint density at radius 1 is 0.821 bits per heavy atom. The number of methoxy groups -OCH3 is 2. The molecule has 0 bridgehead atoms. The van der Waals surface area contributed by atoms with Crippen LogP contribution in [0.2, 0.25) is 0 Å². The molecule has 6 aromatic rings. The Morgan fingerprint density at radius 2 is 1.50 bits per heavy atom. The number of carbonyl (C=O) groups is 1. The summed E-state index contributed by atoms with van der Waals surface area (Å²) < 4.78 is 15.1. The van der Waals surface area contributed by atoms with Crippen LogP contribution in [0.3, 0.4) is 0 Å². The molecule has 0 fully saturated rings. The van der Waals surface area contributed by atoms with Crippen LogP contribution < -0.4 is 25.5 Å². The van der Waals surface area contributed by atoms with Gasteiger partial charge in [-0.3, -0.25) is 28.2 Å². The monoisotopic (exact) mass is 754 g/mol. The number of aliphatic hydroxyl groups is 2. The number of nitrogens with zero attached hydrogens (tertiary/aromatic N) is 6. The van der Waals surface area contributed by atoms with Crippen LogP contribution in [0.1, 0.15) is 41.6 Å². The Balaban J connectivity index is 1.17. The first-order valence-electron chi connectivity index (χ1n) is 18.2. The van der Waals surface area contributed by atoms with Crippen molar-refractivity contribution in [2.24, 2.45) is 5.92 Å². The fourth-order valence-electron chi connectivity index (χ4n) is 7.18. The number of fused-ring (bicyclic) bond motifs is 1. The van der Waals surface area contributed by atoms with E-state index in [1.807, 2.05) is 60.8 Å². The zero-order valence-corrected chi connectivity index (χ0v) is 31.2. The van der Waals surface area contributed by atoms with Gasteiger partial charge < -0.3 is 24.6 Å². The van der Waals surface area contributed by atoms with Gasteiger partial charge in [-0.15, -0.1) is 5.10 Å². The summed E-state index contributed by atoms with van der Waals surface area (Å²) in [6.07, 6.45) is 9.30. The molecule has 0 radical (unpaired) electrons. The van der Waals surface area contributed by atoms with Crippen molar-refractivity contribution in [1.82, 2.24) is 24.1 Å². The van der Waals surface area contributed by atoms with E-state index < -0.39 is 17.4 Å². The standard InChI is InChI=1S/C43H42N6O7/c1-29(12-7-8-21-46-27-36(44-45-46)34(28-50)31-14-5-4-6-15-31)43(54)35-25-33(48-23-11-18-39(56-3)41(48)52)19-20-37(35)49(42(43)53)26-30-13-9-16-32(24-30)47-22-10-17-38(55-2)40(47)51/h4-7,9-20,22-25,27,29,34,50,54H,8,21,26,28H2,1-3H3/b12-7+/t29-,34?,43+/m0/s1. The topological polar surface area (TPSA) is 154 Å². The molecule has 1 aliphatic rings. The molecule has 7 rings (SSSR count). The predicted octanol–water partition coefficient (Wildman–Crippen LogP) is 4.74. The number of pyridine rings is 2. The van der Waals surface area contributed by atoms with Crippen molar-refractivity contribution in [3.05, 3.63) is 171 Å². The average Bonchev–Trinajstić information content (AvgIpc) is 3.77. The molecular formula is C43H42N6O7. The molecule has 0 saturated heterocycles. The van der Waals surface area contributed by atoms with Crippen LogP contribution in [0.5, 0.6) is 11.5 Å². The number of aliphatic hydroxyl groups excluding tert-OH is 1. The third-order valence-electron chi connectivity index (χ3n) is 10.2. The maximum atomic E-state index is 14.5. The van der Waals surface area contributed by atoms with E-state index in [-0.39, 0.29) is 41.7 Å². The summed E-state index contributed by atoms with van der Waals surface area (Å²) in [5, 5.41) is 31.2. The van der Waals surface area contributed by atoms with E-state index in [0.29, 0.717) is 41.3 Å². The number of carbonyl (C=O) groups excluding carboxylic acids is 1. The molecule has 3 aromatic carbocycles. The lowest BCUT2D eigenvalue weighted by atomic mass is 9.82. The minimum Gasteiger partial charge on any atom is -0.491 e. The van der Waals surface area contributed by atoms with Gasteiger partial charge >= 0.3 is 0 Å². The van der Waals surface area contributed by atoms with Gasteiger partial charge in [-0.05, 0) is 72.1 Å². The molecule has 2 N–H and O–H groups in total. The Hall–Kier alpha value is -6.57. The zero-order valence-electron chi connectivity index (χ0n) is 31.2. The summed E-state index contributed by atoms with van der Waals surface area (Å²) in [5.74, 6) is -1.17. The predicted molar refractivity (Wildman–Crippen MR) is 211 cm³/mol. The van der Waals surface area contributed by atoms with Crippen molar-refractivity contribution >= 4 is 11.6 Å². The molecule has 56 heavy (non-hydrogen) atoms. The fraction of sp³-hybridized carbons (Fsp3) is 0.233. The number of anilines is 1. The lowest BCUT2D eigenvalue weighted by molar-refractivity contribution is -0.139. The number of aromatic nitrogens is 5. The number of amides is 1. The summed E-state index contributed by atoms with van der Waals surface area (Å²) >= 11 is 0. The quantitative estimate of drug-likeness (QED) is 0.150. The molecule has 13 heteroatoms. The molecule has 1 aliphatic heterocycles. The second-order valence-electron chi connectivity index (χ2n) is 13.6. The second-order valence-corrected chi connectivity index (χ2v) is 13.6. The van der Waals surface area contributed by atoms with Crippen molar-refractivity contribution in [3.63, 3.8) is 0 Å². The van der Waals surface area contributed by atoms with E-state index in [4.69, 9.17) is 9.47 Å². The summed E-state index contributed by atoms with van der Waals surface area (Å²) in [5.41, 5.74) is 1.51. The van der Waals surface area contributed by atoms with Crippen LogP contribution >= 0.6 is 0 Å². The number of aryl methyl sites for hydroxylation is 1. The maximum absolute atomic E-state index is 14.5. The number of hydrogen-bond donors (Lipinski definition) is 2. The lowest BCUT2D eigenvalue weighted by Crippen LogP contribution is -2.44. The zero-order chi connectivity index (χ0) is 39.4. The molecule has 1 amide bonds. The van der Waals surface area contributed by atoms with Gasteiger partial charge in [0, 0.05) is 48.0 Å². The highest BCUT2D eigenvalue weighted by molar-refractivity contribution is 6.07.